The van der Waals surface area contributed by atoms with Crippen LogP contribution >= 0.6 is 32.3 Å². The van der Waals surface area contributed by atoms with Crippen LogP contribution in [-0.4, -0.2) is 21.5 Å². The molecule has 3 unspecified atom stereocenters. The van der Waals surface area contributed by atoms with E-state index in [4.69, 9.17) is 0 Å². The van der Waals surface area contributed by atoms with Crippen LogP contribution in [0.3, 0.4) is 0 Å². The number of unbranched alkanes of at least 4 members (excludes halogenated alkanes) is 2. The molecule has 0 aromatic heterocycles. The number of hydrogen-bond acceptors (Lipinski definition) is 2. The smallest absolute Gasteiger partial charge is 0.0325 e. The van der Waals surface area contributed by atoms with Crippen molar-refractivity contribution in [2.45, 2.75) is 58.4 Å². The van der Waals surface area contributed by atoms with Crippen LogP contribution in [0.1, 0.15) is 52.4 Å². The second-order valence-corrected chi connectivity index (χ2v) is 26.7. The first-order valence-electron chi connectivity index (χ1n) is 23.8. The van der Waals surface area contributed by atoms with Crippen molar-refractivity contribution in [2.24, 2.45) is 11.3 Å². The summed E-state index contributed by atoms with van der Waals surface area (Å²) >= 11 is 0. The maximum Gasteiger partial charge on any atom is 0.0325 e. The van der Waals surface area contributed by atoms with Crippen molar-refractivity contribution < 1.29 is 0 Å². The molecule has 2 nitrogen and oxygen atoms in total. The maximum atomic E-state index is 3.14. The van der Waals surface area contributed by atoms with Crippen molar-refractivity contribution in [3.05, 3.63) is 243 Å². The molecule has 1 aliphatic carbocycles. The summed E-state index contributed by atoms with van der Waals surface area (Å²) in [6.45, 7) is 6.08. The SMILES string of the molecule is CCCCCC1C(N(P(c2ccccc2)c2ccccc2)P(c2ccccc2)c2ccccc2)CCC1(C)CN(P(c1ccccc1)c1ccccc1)P(c1ccccc1)c1ccccc1. The molecule has 0 bridgehead atoms. The van der Waals surface area contributed by atoms with Crippen LogP contribution in [0.25, 0.3) is 0 Å². The lowest BCUT2D eigenvalue weighted by molar-refractivity contribution is 0.168. The summed E-state index contributed by atoms with van der Waals surface area (Å²) in [6, 6.07) is 92.5. The zero-order valence-electron chi connectivity index (χ0n) is 38.4. The van der Waals surface area contributed by atoms with Gasteiger partial charge in [-0.2, -0.15) is 0 Å². The van der Waals surface area contributed by atoms with E-state index >= 15 is 0 Å². The van der Waals surface area contributed by atoms with Crippen LogP contribution in [-0.2, 0) is 0 Å². The molecule has 8 aromatic carbocycles. The number of nitrogens with zero attached hydrogens (tertiary/aromatic N) is 2. The van der Waals surface area contributed by atoms with Crippen LogP contribution in [0.2, 0.25) is 0 Å². The van der Waals surface area contributed by atoms with Gasteiger partial charge in [-0.1, -0.05) is 276 Å². The lowest BCUT2D eigenvalue weighted by atomic mass is 9.76. The zero-order valence-corrected chi connectivity index (χ0v) is 42.0. The number of rotatable bonds is 19. The first-order chi connectivity index (χ1) is 32.6. The Labute approximate surface area is 400 Å². The molecule has 8 aromatic rings. The van der Waals surface area contributed by atoms with Gasteiger partial charge in [0.05, 0.1) is 0 Å². The molecule has 0 saturated heterocycles. The van der Waals surface area contributed by atoms with Gasteiger partial charge in [-0.25, -0.2) is 8.88 Å². The summed E-state index contributed by atoms with van der Waals surface area (Å²) in [6.07, 6.45) is 7.24. The van der Waals surface area contributed by atoms with Crippen molar-refractivity contribution in [3.8, 4) is 0 Å². The lowest BCUT2D eigenvalue weighted by Gasteiger charge is -2.49. The van der Waals surface area contributed by atoms with E-state index in [0.717, 1.165) is 13.0 Å². The Morgan fingerprint density at radius 3 is 0.939 bits per heavy atom. The van der Waals surface area contributed by atoms with Gasteiger partial charge in [-0.15, -0.1) is 0 Å². The molecule has 1 saturated carbocycles. The highest BCUT2D eigenvalue weighted by molar-refractivity contribution is 7.85. The van der Waals surface area contributed by atoms with E-state index in [1.54, 1.807) is 0 Å². The van der Waals surface area contributed by atoms with E-state index in [-0.39, 0.29) is 5.41 Å². The van der Waals surface area contributed by atoms with Crippen LogP contribution in [0.5, 0.6) is 0 Å². The Morgan fingerprint density at radius 1 is 0.394 bits per heavy atom. The van der Waals surface area contributed by atoms with E-state index in [1.807, 2.05) is 0 Å². The van der Waals surface area contributed by atoms with Gasteiger partial charge in [0, 0.05) is 44.9 Å². The fourth-order valence-electron chi connectivity index (χ4n) is 10.1. The quantitative estimate of drug-likeness (QED) is 0.0589. The number of benzene rings is 8. The van der Waals surface area contributed by atoms with Crippen molar-refractivity contribution in [2.75, 3.05) is 6.54 Å². The summed E-state index contributed by atoms with van der Waals surface area (Å²) in [5, 5.41) is 11.3. The van der Waals surface area contributed by atoms with Crippen LogP contribution in [0.4, 0.5) is 0 Å². The normalized spacial score (nSPS) is 17.4. The minimum absolute atomic E-state index is 0.00764. The summed E-state index contributed by atoms with van der Waals surface area (Å²) in [7, 11) is -3.72. The molecular weight excluding hydrogens is 873 g/mol. The Hall–Kier alpha value is -4.60. The van der Waals surface area contributed by atoms with Crippen LogP contribution < -0.4 is 42.4 Å². The average Bonchev–Trinajstić information content (AvgIpc) is 3.70. The molecule has 0 amide bonds. The molecule has 1 aliphatic rings. The third-order valence-electron chi connectivity index (χ3n) is 13.2. The Bertz CT molecular complexity index is 2300. The molecule has 0 radical (unpaired) electrons. The molecule has 9 rings (SSSR count). The summed E-state index contributed by atoms with van der Waals surface area (Å²) in [5.74, 6) is 0.452. The minimum Gasteiger partial charge on any atom is -0.244 e. The lowest BCUT2D eigenvalue weighted by Crippen LogP contribution is -2.45. The topological polar surface area (TPSA) is 6.48 Å². The Balaban J connectivity index is 1.26. The molecular formula is C60H62N2P4. The predicted molar refractivity (Wildman–Crippen MR) is 294 cm³/mol. The van der Waals surface area contributed by atoms with Gasteiger partial charge in [0.1, 0.15) is 0 Å². The van der Waals surface area contributed by atoms with Crippen LogP contribution in [0.15, 0.2) is 243 Å². The highest BCUT2D eigenvalue weighted by atomic mass is 31.2. The van der Waals surface area contributed by atoms with Crippen molar-refractivity contribution in [1.82, 2.24) is 8.88 Å². The van der Waals surface area contributed by atoms with Gasteiger partial charge in [-0.3, -0.25) is 0 Å². The van der Waals surface area contributed by atoms with E-state index in [2.05, 4.69) is 265 Å². The molecule has 0 heterocycles. The Kier molecular flexibility index (Phi) is 16.2. The molecule has 66 heavy (non-hydrogen) atoms. The van der Waals surface area contributed by atoms with Crippen molar-refractivity contribution in [3.63, 3.8) is 0 Å². The fourth-order valence-corrected chi connectivity index (χ4v) is 22.9. The summed E-state index contributed by atoms with van der Waals surface area (Å²) in [5.41, 5.74) is 0.00764. The Morgan fingerprint density at radius 2 is 0.667 bits per heavy atom. The maximum absolute atomic E-state index is 3.14. The van der Waals surface area contributed by atoms with E-state index in [0.29, 0.717) is 12.0 Å². The zero-order chi connectivity index (χ0) is 45.0. The molecule has 0 aliphatic heterocycles. The highest BCUT2D eigenvalue weighted by Gasteiger charge is 2.52. The first kappa shape index (κ1) is 46.5. The first-order valence-corrected chi connectivity index (χ1v) is 29.0. The van der Waals surface area contributed by atoms with Gasteiger partial charge in [-0.05, 0) is 73.0 Å². The standard InChI is InChI=1S/C60H62N2P4/c1-3-4-13-46-58-59(62(65(54-38-22-9-23-39-54)55-40-24-10-25-41-55)66(56-42-26-11-27-43-56)57-44-28-12-29-45-57)47-48-60(58,2)49-61(63(50-30-14-5-15-31-50)51-32-16-6-17-33-51)64(52-34-18-7-19-35-52)53-36-20-8-21-37-53/h5-12,14-45,58-59H,3-4,13,46-49H2,1-2H3. The van der Waals surface area contributed by atoms with Crippen LogP contribution in [0, 0.1) is 11.3 Å². The summed E-state index contributed by atoms with van der Waals surface area (Å²) < 4.78 is 6.19. The molecule has 332 valence electrons. The third kappa shape index (κ3) is 10.7. The van der Waals surface area contributed by atoms with Gasteiger partial charge in [0.2, 0.25) is 0 Å². The molecule has 6 heteroatoms. The molecule has 0 N–H and O–H groups in total. The van der Waals surface area contributed by atoms with Crippen molar-refractivity contribution in [1.29, 1.82) is 0 Å². The highest BCUT2D eigenvalue weighted by Crippen LogP contribution is 2.64. The second-order valence-electron chi connectivity index (χ2n) is 17.6. The van der Waals surface area contributed by atoms with Gasteiger partial charge in [0.15, 0.2) is 0 Å². The average molecular weight is 935 g/mol. The second kappa shape index (κ2) is 22.9. The monoisotopic (exact) mass is 934 g/mol. The fraction of sp³-hybridized carbons (Fsp3) is 0.200. The number of hydrogen-bond donors (Lipinski definition) is 0. The third-order valence-corrected chi connectivity index (χ3v) is 24.2. The van der Waals surface area contributed by atoms with Gasteiger partial charge < -0.3 is 0 Å². The predicted octanol–water partition coefficient (Wildman–Crippen LogP) is 13.1. The van der Waals surface area contributed by atoms with Crippen molar-refractivity contribution >= 4 is 74.7 Å². The largest absolute Gasteiger partial charge is 0.244 e. The van der Waals surface area contributed by atoms with E-state index in [9.17, 15) is 0 Å². The molecule has 1 fully saturated rings. The van der Waals surface area contributed by atoms with Gasteiger partial charge >= 0.3 is 0 Å². The minimum atomic E-state index is -0.932. The summed E-state index contributed by atoms with van der Waals surface area (Å²) in [4.78, 5) is 0. The van der Waals surface area contributed by atoms with E-state index < -0.39 is 32.3 Å². The van der Waals surface area contributed by atoms with Gasteiger partial charge in [0.25, 0.3) is 0 Å². The molecule has 3 atom stereocenters. The van der Waals surface area contributed by atoms with E-state index in [1.165, 1.54) is 74.5 Å². The molecule has 0 spiro atoms.